The zero-order chi connectivity index (χ0) is 18.2. The van der Waals surface area contributed by atoms with Gasteiger partial charge in [-0.15, -0.1) is 0 Å². The average molecular weight is 381 g/mol. The van der Waals surface area contributed by atoms with E-state index in [1.54, 1.807) is 6.92 Å². The van der Waals surface area contributed by atoms with Crippen LogP contribution in [-0.4, -0.2) is 42.2 Å². The van der Waals surface area contributed by atoms with Crippen LogP contribution in [0.15, 0.2) is 23.1 Å². The van der Waals surface area contributed by atoms with E-state index in [-0.39, 0.29) is 22.9 Å². The zero-order valence-corrected chi connectivity index (χ0v) is 15.4. The Balaban J connectivity index is 2.79. The second-order valence-electron chi connectivity index (χ2n) is 5.21. The molecule has 1 aromatic carbocycles. The van der Waals surface area contributed by atoms with E-state index in [0.29, 0.717) is 13.0 Å². The number of hydrogen-bond donors (Lipinski definition) is 3. The Morgan fingerprint density at radius 2 is 1.71 bits per heavy atom. The first-order valence-corrected chi connectivity index (χ1v) is 10.9. The molecule has 10 heteroatoms. The lowest BCUT2D eigenvalue weighted by molar-refractivity contribution is 0.572. The first kappa shape index (κ1) is 20.8. The smallest absolute Gasteiger partial charge is 0.240 e. The molecule has 0 aromatic heterocycles. The molecule has 0 saturated heterocycles. The molecule has 7 nitrogen and oxygen atoms in total. The highest BCUT2D eigenvalue weighted by Crippen LogP contribution is 2.20. The van der Waals surface area contributed by atoms with Crippen molar-refractivity contribution in [1.29, 1.82) is 0 Å². The van der Waals surface area contributed by atoms with Crippen molar-refractivity contribution in [1.82, 2.24) is 10.0 Å². The molecule has 3 N–H and O–H groups in total. The van der Waals surface area contributed by atoms with Crippen molar-refractivity contribution in [2.75, 3.05) is 30.1 Å². The number of anilines is 1. The SMILES string of the molecule is CCCNCCNS(=O)(=O)c1ccc(NS(=O)(=O)CCC)c(F)c1. The van der Waals surface area contributed by atoms with E-state index < -0.39 is 25.9 Å². The van der Waals surface area contributed by atoms with Gasteiger partial charge in [-0.25, -0.2) is 25.9 Å². The largest absolute Gasteiger partial charge is 0.315 e. The maximum atomic E-state index is 14.0. The van der Waals surface area contributed by atoms with E-state index in [1.165, 1.54) is 0 Å². The molecule has 0 aliphatic heterocycles. The van der Waals surface area contributed by atoms with E-state index in [2.05, 4.69) is 14.8 Å². The van der Waals surface area contributed by atoms with Crippen molar-refractivity contribution in [3.05, 3.63) is 24.0 Å². The van der Waals surface area contributed by atoms with Crippen molar-refractivity contribution in [2.24, 2.45) is 0 Å². The third-order valence-corrected chi connectivity index (χ3v) is 5.95. The topological polar surface area (TPSA) is 104 Å². The average Bonchev–Trinajstić information content (AvgIpc) is 2.48. The number of rotatable bonds is 11. The summed E-state index contributed by atoms with van der Waals surface area (Å²) in [5.41, 5.74) is -0.271. The molecule has 1 aromatic rings. The van der Waals surface area contributed by atoms with Crippen LogP contribution in [-0.2, 0) is 20.0 Å². The second kappa shape index (κ2) is 9.30. The molecule has 1 rings (SSSR count). The minimum Gasteiger partial charge on any atom is -0.315 e. The molecule has 0 spiro atoms. The Morgan fingerprint density at radius 3 is 2.29 bits per heavy atom. The fourth-order valence-corrected chi connectivity index (χ4v) is 4.08. The molecule has 0 saturated carbocycles. The lowest BCUT2D eigenvalue weighted by atomic mass is 10.3. The zero-order valence-electron chi connectivity index (χ0n) is 13.8. The first-order chi connectivity index (χ1) is 11.2. The lowest BCUT2D eigenvalue weighted by Gasteiger charge is -2.11. The normalized spacial score (nSPS) is 12.3. The van der Waals surface area contributed by atoms with E-state index in [0.717, 1.165) is 31.2 Å². The minimum atomic E-state index is -3.85. The number of benzene rings is 1. The van der Waals surface area contributed by atoms with E-state index >= 15 is 0 Å². The monoisotopic (exact) mass is 381 g/mol. The maximum Gasteiger partial charge on any atom is 0.240 e. The number of halogens is 1. The van der Waals surface area contributed by atoms with Crippen molar-refractivity contribution in [3.8, 4) is 0 Å². The molecule has 0 amide bonds. The molecule has 0 aliphatic rings. The van der Waals surface area contributed by atoms with Gasteiger partial charge in [-0.1, -0.05) is 13.8 Å². The Labute approximate surface area is 143 Å². The molecule has 138 valence electrons. The standard InChI is InChI=1S/C14H24FN3O4S2/c1-3-7-16-8-9-17-24(21,22)12-5-6-14(13(15)11-12)18-23(19,20)10-4-2/h5-6,11,16-18H,3-4,7-10H2,1-2H3. The second-order valence-corrected chi connectivity index (χ2v) is 8.82. The van der Waals surface area contributed by atoms with Crippen LogP contribution in [0.1, 0.15) is 26.7 Å². The predicted octanol–water partition coefficient (Wildman–Crippen LogP) is 1.26. The Kier molecular flexibility index (Phi) is 8.07. The van der Waals surface area contributed by atoms with Gasteiger partial charge in [-0.05, 0) is 37.6 Å². The molecule has 0 bridgehead atoms. The molecule has 24 heavy (non-hydrogen) atoms. The van der Waals surface area contributed by atoms with Gasteiger partial charge < -0.3 is 5.32 Å². The third kappa shape index (κ3) is 6.71. The molecule has 0 radical (unpaired) electrons. The number of sulfonamides is 2. The van der Waals surface area contributed by atoms with Crippen LogP contribution in [0.5, 0.6) is 0 Å². The van der Waals surface area contributed by atoms with Crippen molar-refractivity contribution < 1.29 is 21.2 Å². The summed E-state index contributed by atoms with van der Waals surface area (Å²) in [6, 6.07) is 3.06. The van der Waals surface area contributed by atoms with E-state index in [1.807, 2.05) is 6.92 Å². The van der Waals surface area contributed by atoms with Gasteiger partial charge in [0.25, 0.3) is 0 Å². The van der Waals surface area contributed by atoms with Crippen LogP contribution in [0.4, 0.5) is 10.1 Å². The minimum absolute atomic E-state index is 0.140. The van der Waals surface area contributed by atoms with Gasteiger partial charge in [-0.2, -0.15) is 0 Å². The summed E-state index contributed by atoms with van der Waals surface area (Å²) < 4.78 is 65.9. The third-order valence-electron chi connectivity index (χ3n) is 3.01. The van der Waals surface area contributed by atoms with Gasteiger partial charge in [0.15, 0.2) is 0 Å². The fourth-order valence-electron chi connectivity index (χ4n) is 1.89. The molecule has 0 unspecified atom stereocenters. The first-order valence-electron chi connectivity index (χ1n) is 7.72. The Hall–Kier alpha value is -1.23. The van der Waals surface area contributed by atoms with E-state index in [4.69, 9.17) is 0 Å². The highest BCUT2D eigenvalue weighted by molar-refractivity contribution is 7.92. The van der Waals surface area contributed by atoms with Gasteiger partial charge in [0.2, 0.25) is 20.0 Å². The quantitative estimate of drug-likeness (QED) is 0.501. The van der Waals surface area contributed by atoms with Crippen LogP contribution >= 0.6 is 0 Å². The summed E-state index contributed by atoms with van der Waals surface area (Å²) in [4.78, 5) is -0.256. The summed E-state index contributed by atoms with van der Waals surface area (Å²) in [5, 5.41) is 3.04. The molecule has 0 aliphatic carbocycles. The predicted molar refractivity (Wildman–Crippen MR) is 92.4 cm³/mol. The maximum absolute atomic E-state index is 14.0. The molecular weight excluding hydrogens is 357 g/mol. The van der Waals surface area contributed by atoms with Crippen molar-refractivity contribution in [2.45, 2.75) is 31.6 Å². The van der Waals surface area contributed by atoms with Crippen molar-refractivity contribution >= 4 is 25.7 Å². The summed E-state index contributed by atoms with van der Waals surface area (Å²) in [6.45, 7) is 5.10. The Morgan fingerprint density at radius 1 is 1.00 bits per heavy atom. The van der Waals surface area contributed by atoms with Crippen LogP contribution in [0.25, 0.3) is 0 Å². The van der Waals surface area contributed by atoms with Crippen LogP contribution in [0.2, 0.25) is 0 Å². The highest BCUT2D eigenvalue weighted by atomic mass is 32.2. The number of nitrogens with one attached hydrogen (secondary N) is 3. The van der Waals surface area contributed by atoms with Crippen molar-refractivity contribution in [3.63, 3.8) is 0 Å². The van der Waals surface area contributed by atoms with Gasteiger partial charge in [0, 0.05) is 13.1 Å². The van der Waals surface area contributed by atoms with Crippen LogP contribution in [0, 0.1) is 5.82 Å². The summed E-state index contributed by atoms with van der Waals surface area (Å²) in [5.74, 6) is -1.08. The van der Waals surface area contributed by atoms with Gasteiger partial charge >= 0.3 is 0 Å². The van der Waals surface area contributed by atoms with Gasteiger partial charge in [0.1, 0.15) is 5.82 Å². The summed E-state index contributed by atoms with van der Waals surface area (Å²) in [7, 11) is -7.49. The molecule has 0 fully saturated rings. The van der Waals surface area contributed by atoms with Crippen LogP contribution in [0.3, 0.4) is 0 Å². The molecule has 0 atom stereocenters. The summed E-state index contributed by atoms with van der Waals surface area (Å²) >= 11 is 0. The fraction of sp³-hybridized carbons (Fsp3) is 0.571. The summed E-state index contributed by atoms with van der Waals surface area (Å²) in [6.07, 6.45) is 1.33. The van der Waals surface area contributed by atoms with Gasteiger partial charge in [0.05, 0.1) is 16.3 Å². The van der Waals surface area contributed by atoms with Gasteiger partial charge in [-0.3, -0.25) is 4.72 Å². The molecular formula is C14H24FN3O4S2. The van der Waals surface area contributed by atoms with E-state index in [9.17, 15) is 21.2 Å². The van der Waals surface area contributed by atoms with Crippen LogP contribution < -0.4 is 14.8 Å². The highest BCUT2D eigenvalue weighted by Gasteiger charge is 2.18. The Bertz CT molecular complexity index is 736. The lowest BCUT2D eigenvalue weighted by Crippen LogP contribution is -2.32. The number of hydrogen-bond acceptors (Lipinski definition) is 5. The molecule has 0 heterocycles.